The van der Waals surface area contributed by atoms with E-state index in [2.05, 4.69) is 5.32 Å². The van der Waals surface area contributed by atoms with Crippen molar-refractivity contribution in [2.75, 3.05) is 22.4 Å². The number of rotatable bonds is 8. The second kappa shape index (κ2) is 9.27. The molecule has 2 aromatic carbocycles. The predicted molar refractivity (Wildman–Crippen MR) is 111 cm³/mol. The minimum absolute atomic E-state index is 0.0624. The Kier molecular flexibility index (Phi) is 7.29. The average molecular weight is 444 g/mol. The number of primary amides is 1. The lowest BCUT2D eigenvalue weighted by Crippen LogP contribution is -2.31. The van der Waals surface area contributed by atoms with Gasteiger partial charge in [0.1, 0.15) is 0 Å². The molecule has 0 aliphatic carbocycles. The summed E-state index contributed by atoms with van der Waals surface area (Å²) in [5, 5.41) is 3.27. The molecule has 0 atom stereocenters. The fourth-order valence-corrected chi connectivity index (χ4v) is 3.87. The predicted octanol–water partition coefficient (Wildman–Crippen LogP) is 3.28. The van der Waals surface area contributed by atoms with Gasteiger partial charge in [-0.15, -0.1) is 0 Å². The maximum Gasteiger partial charge on any atom is 0.248 e. The van der Waals surface area contributed by atoms with Crippen LogP contribution < -0.4 is 15.4 Å². The number of carbonyl (C=O) groups excluding carboxylic acids is 2. The molecule has 10 heteroatoms. The van der Waals surface area contributed by atoms with Gasteiger partial charge >= 0.3 is 0 Å². The molecule has 2 rings (SSSR count). The summed E-state index contributed by atoms with van der Waals surface area (Å²) in [7, 11) is -3.61. The van der Waals surface area contributed by atoms with Crippen molar-refractivity contribution >= 4 is 56.4 Å². The van der Waals surface area contributed by atoms with Crippen LogP contribution in [0.5, 0.6) is 0 Å². The molecule has 2 amide bonds. The number of hydrogen-bond donors (Lipinski definition) is 2. The van der Waals surface area contributed by atoms with E-state index in [1.54, 1.807) is 18.2 Å². The Labute approximate surface area is 173 Å². The van der Waals surface area contributed by atoms with Crippen LogP contribution in [0.3, 0.4) is 0 Å². The quantitative estimate of drug-likeness (QED) is 0.651. The Morgan fingerprint density at radius 1 is 1.11 bits per heavy atom. The molecule has 3 N–H and O–H groups in total. The van der Waals surface area contributed by atoms with E-state index in [1.807, 2.05) is 0 Å². The molecule has 2 aromatic rings. The van der Waals surface area contributed by atoms with Gasteiger partial charge in [-0.3, -0.25) is 13.9 Å². The van der Waals surface area contributed by atoms with Crippen molar-refractivity contribution in [2.24, 2.45) is 5.73 Å². The van der Waals surface area contributed by atoms with E-state index in [-0.39, 0.29) is 36.0 Å². The Balaban J connectivity index is 1.99. The van der Waals surface area contributed by atoms with Gasteiger partial charge in [-0.2, -0.15) is 0 Å². The molecule has 0 fully saturated rings. The molecule has 0 saturated carbocycles. The smallest absolute Gasteiger partial charge is 0.248 e. The third kappa shape index (κ3) is 6.12. The molecule has 0 heterocycles. The van der Waals surface area contributed by atoms with Crippen molar-refractivity contribution in [3.8, 4) is 0 Å². The van der Waals surface area contributed by atoms with Crippen molar-refractivity contribution in [1.29, 1.82) is 0 Å². The van der Waals surface area contributed by atoms with Crippen LogP contribution in [0.4, 0.5) is 11.4 Å². The molecule has 150 valence electrons. The number of halogens is 2. The lowest BCUT2D eigenvalue weighted by molar-refractivity contribution is -0.116. The maximum atomic E-state index is 12.1. The zero-order valence-electron chi connectivity index (χ0n) is 15.0. The molecule has 0 unspecified atom stereocenters. The maximum absolute atomic E-state index is 12.1. The molecule has 0 bridgehead atoms. The molecule has 7 nitrogen and oxygen atoms in total. The van der Waals surface area contributed by atoms with Gasteiger partial charge in [-0.1, -0.05) is 23.2 Å². The first kappa shape index (κ1) is 22.0. The van der Waals surface area contributed by atoms with Crippen molar-refractivity contribution in [3.63, 3.8) is 0 Å². The molecule has 0 radical (unpaired) electrons. The number of benzene rings is 2. The highest BCUT2D eigenvalue weighted by atomic mass is 35.5. The van der Waals surface area contributed by atoms with Gasteiger partial charge in [0.05, 0.1) is 17.0 Å². The van der Waals surface area contributed by atoms with Crippen LogP contribution in [-0.2, 0) is 14.8 Å². The third-order valence-corrected chi connectivity index (χ3v) is 5.53. The second-order valence-corrected chi connectivity index (χ2v) is 8.77. The average Bonchev–Trinajstić information content (AvgIpc) is 2.60. The first-order chi connectivity index (χ1) is 13.1. The van der Waals surface area contributed by atoms with Gasteiger partial charge in [0, 0.05) is 29.2 Å². The minimum Gasteiger partial charge on any atom is -0.366 e. The normalized spacial score (nSPS) is 11.1. The van der Waals surface area contributed by atoms with Gasteiger partial charge in [-0.25, -0.2) is 8.42 Å². The van der Waals surface area contributed by atoms with Gasteiger partial charge in [-0.05, 0) is 48.9 Å². The van der Waals surface area contributed by atoms with Crippen LogP contribution in [0.25, 0.3) is 0 Å². The highest BCUT2D eigenvalue weighted by Gasteiger charge is 2.20. The Hall–Kier alpha value is -2.29. The highest BCUT2D eigenvalue weighted by molar-refractivity contribution is 7.92. The van der Waals surface area contributed by atoms with Crippen molar-refractivity contribution in [3.05, 3.63) is 58.1 Å². The fraction of sp³-hybridized carbons (Fsp3) is 0.222. The number of nitrogens with one attached hydrogen (secondary N) is 1. The Bertz CT molecular complexity index is 979. The summed E-state index contributed by atoms with van der Waals surface area (Å²) in [6.07, 6.45) is 1.41. The van der Waals surface area contributed by atoms with Crippen LogP contribution in [0, 0.1) is 0 Å². The number of sulfonamides is 1. The molecule has 0 aromatic heterocycles. The zero-order valence-corrected chi connectivity index (χ0v) is 17.3. The molecule has 0 aliphatic heterocycles. The minimum atomic E-state index is -3.61. The summed E-state index contributed by atoms with van der Waals surface area (Å²) >= 11 is 12.0. The largest absolute Gasteiger partial charge is 0.366 e. The number of amides is 2. The van der Waals surface area contributed by atoms with Crippen molar-refractivity contribution < 1.29 is 18.0 Å². The van der Waals surface area contributed by atoms with Crippen molar-refractivity contribution in [2.45, 2.75) is 12.8 Å². The number of anilines is 2. The SMILES string of the molecule is CS(=O)(=O)N(CCCC(=O)Nc1ccc(C(N)=O)cc1)c1cc(Cl)ccc1Cl. The summed E-state index contributed by atoms with van der Waals surface area (Å²) in [6.45, 7) is 0.0624. The molecule has 28 heavy (non-hydrogen) atoms. The van der Waals surface area contributed by atoms with E-state index in [9.17, 15) is 18.0 Å². The fourth-order valence-electron chi connectivity index (χ4n) is 2.47. The molecule has 0 aliphatic rings. The lowest BCUT2D eigenvalue weighted by Gasteiger charge is -2.23. The third-order valence-electron chi connectivity index (χ3n) is 3.80. The van der Waals surface area contributed by atoms with E-state index in [4.69, 9.17) is 28.9 Å². The van der Waals surface area contributed by atoms with Gasteiger partial charge < -0.3 is 11.1 Å². The van der Waals surface area contributed by atoms with Gasteiger partial charge in [0.25, 0.3) is 0 Å². The van der Waals surface area contributed by atoms with E-state index in [0.717, 1.165) is 10.6 Å². The Morgan fingerprint density at radius 2 is 1.75 bits per heavy atom. The van der Waals surface area contributed by atoms with E-state index in [0.29, 0.717) is 16.3 Å². The summed E-state index contributed by atoms with van der Waals surface area (Å²) < 4.78 is 25.4. The van der Waals surface area contributed by atoms with Crippen LogP contribution >= 0.6 is 23.2 Å². The second-order valence-electron chi connectivity index (χ2n) is 6.02. The van der Waals surface area contributed by atoms with Crippen LogP contribution in [0.2, 0.25) is 10.0 Å². The lowest BCUT2D eigenvalue weighted by atomic mass is 10.2. The highest BCUT2D eigenvalue weighted by Crippen LogP contribution is 2.30. The monoisotopic (exact) mass is 443 g/mol. The Morgan fingerprint density at radius 3 is 2.32 bits per heavy atom. The van der Waals surface area contributed by atoms with E-state index >= 15 is 0 Å². The first-order valence-electron chi connectivity index (χ1n) is 8.20. The first-order valence-corrected chi connectivity index (χ1v) is 10.8. The van der Waals surface area contributed by atoms with Crippen molar-refractivity contribution in [1.82, 2.24) is 0 Å². The van der Waals surface area contributed by atoms with E-state index < -0.39 is 15.9 Å². The molecular formula is C18H19Cl2N3O4S. The van der Waals surface area contributed by atoms with Crippen LogP contribution in [0.15, 0.2) is 42.5 Å². The summed E-state index contributed by atoms with van der Waals surface area (Å²) in [5.74, 6) is -0.851. The number of nitrogens with zero attached hydrogens (tertiary/aromatic N) is 1. The number of carbonyl (C=O) groups is 2. The topological polar surface area (TPSA) is 110 Å². The van der Waals surface area contributed by atoms with Gasteiger partial charge in [0.15, 0.2) is 0 Å². The summed E-state index contributed by atoms with van der Waals surface area (Å²) in [6, 6.07) is 10.7. The van der Waals surface area contributed by atoms with E-state index in [1.165, 1.54) is 24.3 Å². The van der Waals surface area contributed by atoms with Gasteiger partial charge in [0.2, 0.25) is 21.8 Å². The number of hydrogen-bond acceptors (Lipinski definition) is 4. The molecule has 0 saturated heterocycles. The summed E-state index contributed by atoms with van der Waals surface area (Å²) in [4.78, 5) is 23.1. The summed E-state index contributed by atoms with van der Waals surface area (Å²) in [5.41, 5.74) is 6.27. The molecular weight excluding hydrogens is 425 g/mol. The van der Waals surface area contributed by atoms with Crippen LogP contribution in [-0.4, -0.2) is 33.0 Å². The number of nitrogens with two attached hydrogens (primary N) is 1. The standard InChI is InChI=1S/C18H19Cl2N3O4S/c1-28(26,27)23(16-11-13(19)6-9-15(16)20)10-2-3-17(24)22-14-7-4-12(5-8-14)18(21)25/h4-9,11H,2-3,10H2,1H3,(H2,21,25)(H,22,24). The molecule has 0 spiro atoms. The van der Waals surface area contributed by atoms with Crippen LogP contribution in [0.1, 0.15) is 23.2 Å². The zero-order chi connectivity index (χ0) is 20.9.